The smallest absolute Gasteiger partial charge is 0.284 e. The first kappa shape index (κ1) is 21.3. The molecule has 0 amide bonds. The minimum absolute atomic E-state index is 0.922. The van der Waals surface area contributed by atoms with Crippen molar-refractivity contribution >= 4 is 0 Å². The zero-order valence-corrected chi connectivity index (χ0v) is 11.7. The number of hydrogen-bond acceptors (Lipinski definition) is 14. The lowest BCUT2D eigenvalue weighted by Crippen LogP contribution is -2.62. The second-order valence-corrected chi connectivity index (χ2v) is 4.12. The van der Waals surface area contributed by atoms with Gasteiger partial charge in [-0.3, -0.25) is 71.3 Å². The normalized spacial score (nSPS) is 11.5. The zero-order chi connectivity index (χ0) is 20.0. The number of hydrogen-bond donors (Lipinski definition) is 2. The van der Waals surface area contributed by atoms with E-state index in [4.69, 9.17) is 0 Å². The Morgan fingerprint density at radius 3 is 0.880 bits per heavy atom. The van der Waals surface area contributed by atoms with Crippen LogP contribution in [0.3, 0.4) is 0 Å². The van der Waals surface area contributed by atoms with Crippen LogP contribution in [0.1, 0.15) is 0 Å². The number of nitrogens with zero attached hydrogens (tertiary/aromatic N) is 6. The van der Waals surface area contributed by atoms with Crippen molar-refractivity contribution in [3.63, 3.8) is 0 Å². The standard InChI is InChI=1S/C5H8N8O12/c14-8(15)4(9(16)17,10(18)19)1-6-3-7-2-5(11(20)21,12(22)23)13(24)25/h6-7H,1-3H2. The van der Waals surface area contributed by atoms with Gasteiger partial charge in [0, 0.05) is 6.67 Å². The third kappa shape index (κ3) is 3.81. The largest absolute Gasteiger partial charge is 0.712 e. The Balaban J connectivity index is 5.02. The molecule has 20 heteroatoms. The lowest BCUT2D eigenvalue weighted by atomic mass is 10.3. The molecule has 0 aromatic rings. The van der Waals surface area contributed by atoms with Crippen LogP contribution in [-0.2, 0) is 0 Å². The average Bonchev–Trinajstić information content (AvgIpc) is 2.44. The summed E-state index contributed by atoms with van der Waals surface area (Å²) in [5.74, 6) is -7.76. The van der Waals surface area contributed by atoms with Crippen LogP contribution >= 0.6 is 0 Å². The first-order valence-electron chi connectivity index (χ1n) is 5.65. The van der Waals surface area contributed by atoms with E-state index in [1.807, 2.05) is 0 Å². The quantitative estimate of drug-likeness (QED) is 0.150. The minimum atomic E-state index is -3.88. The van der Waals surface area contributed by atoms with E-state index in [0.29, 0.717) is 0 Å². The first-order valence-corrected chi connectivity index (χ1v) is 5.65. The number of nitrogens with one attached hydrogen (secondary N) is 2. The van der Waals surface area contributed by atoms with Crippen molar-refractivity contribution in [3.8, 4) is 0 Å². The van der Waals surface area contributed by atoms with Gasteiger partial charge in [-0.15, -0.1) is 0 Å². The lowest BCUT2D eigenvalue weighted by Gasteiger charge is -2.11. The third-order valence-corrected chi connectivity index (χ3v) is 2.73. The molecule has 0 heterocycles. The Morgan fingerprint density at radius 2 is 0.720 bits per heavy atom. The molecule has 0 fully saturated rings. The van der Waals surface area contributed by atoms with Gasteiger partial charge in [-0.2, -0.15) is 0 Å². The second kappa shape index (κ2) is 7.73. The molecule has 0 unspecified atom stereocenters. The Labute approximate surface area is 133 Å². The highest BCUT2D eigenvalue weighted by atomic mass is 16.7. The van der Waals surface area contributed by atoms with E-state index in [9.17, 15) is 60.7 Å². The fourth-order valence-electron chi connectivity index (χ4n) is 1.34. The van der Waals surface area contributed by atoms with Crippen molar-refractivity contribution in [1.29, 1.82) is 0 Å². The van der Waals surface area contributed by atoms with Crippen molar-refractivity contribution in [2.24, 2.45) is 0 Å². The van der Waals surface area contributed by atoms with E-state index in [-0.39, 0.29) is 0 Å². The van der Waals surface area contributed by atoms with Crippen LogP contribution in [0.5, 0.6) is 0 Å². The highest BCUT2D eigenvalue weighted by Crippen LogP contribution is 2.12. The molecule has 0 saturated carbocycles. The van der Waals surface area contributed by atoms with Crippen molar-refractivity contribution in [2.45, 2.75) is 11.6 Å². The van der Waals surface area contributed by atoms with E-state index < -0.39 is 60.9 Å². The van der Waals surface area contributed by atoms with E-state index in [2.05, 4.69) is 0 Å². The van der Waals surface area contributed by atoms with Crippen LogP contribution < -0.4 is 10.6 Å². The zero-order valence-electron chi connectivity index (χ0n) is 11.7. The van der Waals surface area contributed by atoms with Crippen molar-refractivity contribution in [2.75, 3.05) is 19.8 Å². The summed E-state index contributed by atoms with van der Waals surface area (Å²) in [5.41, 5.74) is 0. The molecule has 0 aliphatic rings. The van der Waals surface area contributed by atoms with Gasteiger partial charge < -0.3 is 0 Å². The molecule has 0 saturated heterocycles. The molecule has 140 valence electrons. The third-order valence-electron chi connectivity index (χ3n) is 2.73. The van der Waals surface area contributed by atoms with Crippen LogP contribution in [0.4, 0.5) is 0 Å². The molecule has 25 heavy (non-hydrogen) atoms. The highest BCUT2D eigenvalue weighted by Gasteiger charge is 2.71. The SMILES string of the molecule is O=[N+]([O-])C(CNCNCC([N+](=O)[O-])([N+](=O)[O-])[N+](=O)[O-])([N+](=O)[O-])[N+](=O)[O-]. The van der Waals surface area contributed by atoms with Gasteiger partial charge in [0.1, 0.15) is 0 Å². The number of nitro groups is 6. The lowest BCUT2D eigenvalue weighted by molar-refractivity contribution is -0.966. The van der Waals surface area contributed by atoms with Crippen molar-refractivity contribution in [1.82, 2.24) is 10.6 Å². The molecular formula is C5H8N8O12. The Kier molecular flexibility index (Phi) is 6.59. The summed E-state index contributed by atoms with van der Waals surface area (Å²) in [6.07, 6.45) is 0. The van der Waals surface area contributed by atoms with E-state index >= 15 is 0 Å². The molecule has 0 aromatic carbocycles. The van der Waals surface area contributed by atoms with E-state index in [1.165, 1.54) is 0 Å². The molecule has 20 nitrogen and oxygen atoms in total. The molecule has 0 rings (SSSR count). The van der Waals surface area contributed by atoms with Gasteiger partial charge in [-0.05, 0) is 0 Å². The number of rotatable bonds is 12. The summed E-state index contributed by atoms with van der Waals surface area (Å²) in [4.78, 5) is 52.7. The van der Waals surface area contributed by atoms with Gasteiger partial charge in [0.25, 0.3) is 0 Å². The molecular weight excluding hydrogens is 364 g/mol. The van der Waals surface area contributed by atoms with Gasteiger partial charge >= 0.3 is 11.6 Å². The van der Waals surface area contributed by atoms with Gasteiger partial charge in [0.05, 0.1) is 0 Å². The molecule has 0 aliphatic carbocycles. The summed E-state index contributed by atoms with van der Waals surface area (Å²) >= 11 is 0. The predicted molar refractivity (Wildman–Crippen MR) is 68.3 cm³/mol. The van der Waals surface area contributed by atoms with Crippen LogP contribution in [-0.4, -0.2) is 60.9 Å². The summed E-state index contributed by atoms with van der Waals surface area (Å²) in [6.45, 7) is -3.96. The summed E-state index contributed by atoms with van der Waals surface area (Å²) in [7, 11) is 0. The van der Waals surface area contributed by atoms with Gasteiger partial charge in [-0.25, -0.2) is 0 Å². The molecule has 0 aromatic heterocycles. The van der Waals surface area contributed by atoms with Crippen LogP contribution in [0, 0.1) is 60.7 Å². The fraction of sp³-hybridized carbons (Fsp3) is 1.00. The minimum Gasteiger partial charge on any atom is -0.284 e. The Hall–Kier alpha value is -3.68. The maximum Gasteiger partial charge on any atom is 0.712 e. The predicted octanol–water partition coefficient (Wildman–Crippen LogP) is -2.91. The highest BCUT2D eigenvalue weighted by molar-refractivity contribution is 4.61. The Bertz CT molecular complexity index is 493. The topological polar surface area (TPSA) is 283 Å². The Morgan fingerprint density at radius 1 is 0.520 bits per heavy atom. The maximum atomic E-state index is 10.6. The second-order valence-electron chi connectivity index (χ2n) is 4.12. The molecule has 2 N–H and O–H groups in total. The molecule has 0 aliphatic heterocycles. The summed E-state index contributed by atoms with van der Waals surface area (Å²) in [5, 5.41) is 67.0. The van der Waals surface area contributed by atoms with Crippen LogP contribution in [0.25, 0.3) is 0 Å². The summed E-state index contributed by atoms with van der Waals surface area (Å²) < 4.78 is 0. The van der Waals surface area contributed by atoms with Gasteiger partial charge in [0.2, 0.25) is 13.1 Å². The van der Waals surface area contributed by atoms with Crippen LogP contribution in [0.2, 0.25) is 0 Å². The van der Waals surface area contributed by atoms with Crippen molar-refractivity contribution < 1.29 is 29.5 Å². The average molecular weight is 372 g/mol. The van der Waals surface area contributed by atoms with Crippen molar-refractivity contribution in [3.05, 3.63) is 60.7 Å². The molecule has 0 atom stereocenters. The molecule has 0 spiro atoms. The molecule has 0 bridgehead atoms. The summed E-state index contributed by atoms with van der Waals surface area (Å²) in [6, 6.07) is 0. The van der Waals surface area contributed by atoms with Gasteiger partial charge in [-0.1, -0.05) is 0 Å². The van der Waals surface area contributed by atoms with E-state index in [0.717, 1.165) is 0 Å². The fourth-order valence-corrected chi connectivity index (χ4v) is 1.34. The van der Waals surface area contributed by atoms with Gasteiger partial charge in [0.15, 0.2) is 29.5 Å². The van der Waals surface area contributed by atoms with E-state index in [1.54, 1.807) is 10.6 Å². The van der Waals surface area contributed by atoms with Crippen LogP contribution in [0.15, 0.2) is 0 Å². The maximum absolute atomic E-state index is 10.6. The first-order chi connectivity index (χ1) is 11.4. The molecule has 0 radical (unpaired) electrons. The monoisotopic (exact) mass is 372 g/mol.